The lowest BCUT2D eigenvalue weighted by atomic mass is 10.1. The lowest BCUT2D eigenvalue weighted by molar-refractivity contribution is -0.153. The fourth-order valence-electron chi connectivity index (χ4n) is 2.08. The van der Waals surface area contributed by atoms with Crippen molar-refractivity contribution in [1.29, 1.82) is 0 Å². The number of alkyl halides is 4. The van der Waals surface area contributed by atoms with Crippen molar-refractivity contribution in [2.24, 2.45) is 0 Å². The smallest absolute Gasteiger partial charge is 0.422 e. The zero-order chi connectivity index (χ0) is 16.0. The minimum absolute atomic E-state index is 0.291. The van der Waals surface area contributed by atoms with E-state index in [1.807, 2.05) is 30.3 Å². The van der Waals surface area contributed by atoms with Crippen molar-refractivity contribution in [3.63, 3.8) is 0 Å². The molecule has 6 heteroatoms. The van der Waals surface area contributed by atoms with E-state index in [2.05, 4.69) is 22.6 Å². The highest BCUT2D eigenvalue weighted by atomic mass is 127. The van der Waals surface area contributed by atoms with Crippen LogP contribution in [0.25, 0.3) is 10.8 Å². The van der Waals surface area contributed by atoms with Gasteiger partial charge in [0.2, 0.25) is 0 Å². The van der Waals surface area contributed by atoms with Crippen LogP contribution in [0.5, 0.6) is 5.75 Å². The van der Waals surface area contributed by atoms with E-state index in [4.69, 9.17) is 4.74 Å². The standard InChI is InChI=1S/C16H16F3IOS/c17-16(18,19)11-21-14-7-8-15(22-10-4-3-9-20)13-6-2-1-5-12(13)14/h1-2,5-8H,3-4,9-11H2/p+1. The van der Waals surface area contributed by atoms with Crippen LogP contribution in [-0.2, 0) is 11.8 Å². The molecule has 0 spiro atoms. The normalized spacial score (nSPS) is 11.8. The Bertz CT molecular complexity index is 616. The zero-order valence-corrected chi connectivity index (χ0v) is 14.9. The highest BCUT2D eigenvalue weighted by Crippen LogP contribution is 2.31. The number of halogens is 4. The predicted octanol–water partition coefficient (Wildman–Crippen LogP) is 5.17. The maximum atomic E-state index is 12.3. The summed E-state index contributed by atoms with van der Waals surface area (Å²) in [5.41, 5.74) is 0. The van der Waals surface area contributed by atoms with Gasteiger partial charge in [0, 0.05) is 22.5 Å². The van der Waals surface area contributed by atoms with Crippen molar-refractivity contribution in [2.75, 3.05) is 16.8 Å². The number of unbranched alkanes of at least 4 members (excludes halogenated alkanes) is 1. The first-order valence-electron chi connectivity index (χ1n) is 6.96. The molecule has 22 heavy (non-hydrogen) atoms. The van der Waals surface area contributed by atoms with Gasteiger partial charge in [-0.25, -0.2) is 0 Å². The minimum Gasteiger partial charge on any atom is -0.483 e. The molecule has 0 aliphatic rings. The summed E-state index contributed by atoms with van der Waals surface area (Å²) in [4.78, 5) is 1.14. The molecule has 2 aromatic rings. The number of ether oxygens (including phenoxy) is 1. The number of benzene rings is 2. The second kappa shape index (κ2) is 8.29. The molecule has 0 unspecified atom stereocenters. The Morgan fingerprint density at radius 1 is 1.00 bits per heavy atom. The monoisotopic (exact) mass is 441 g/mol. The molecule has 0 aliphatic carbocycles. The van der Waals surface area contributed by atoms with Gasteiger partial charge < -0.3 is 4.74 Å². The summed E-state index contributed by atoms with van der Waals surface area (Å²) in [7, 11) is 0. The van der Waals surface area contributed by atoms with Gasteiger partial charge in [-0.05, 0) is 35.5 Å². The van der Waals surface area contributed by atoms with Crippen molar-refractivity contribution in [3.8, 4) is 5.75 Å². The minimum atomic E-state index is -4.32. The summed E-state index contributed by atoms with van der Waals surface area (Å²) in [5.74, 6) is 1.36. The molecule has 0 radical (unpaired) electrons. The summed E-state index contributed by atoms with van der Waals surface area (Å²) >= 11 is 3.57. The summed E-state index contributed by atoms with van der Waals surface area (Å²) in [5, 5.41) is 1.71. The first kappa shape index (κ1) is 17.7. The topological polar surface area (TPSA) is 9.23 Å². The van der Waals surface area contributed by atoms with Gasteiger partial charge in [0.1, 0.15) is 11.5 Å². The molecular weight excluding hydrogens is 424 g/mol. The van der Waals surface area contributed by atoms with Crippen LogP contribution in [-0.4, -0.2) is 23.0 Å². The Morgan fingerprint density at radius 2 is 1.73 bits per heavy atom. The third-order valence-electron chi connectivity index (χ3n) is 3.08. The van der Waals surface area contributed by atoms with Gasteiger partial charge in [0.25, 0.3) is 0 Å². The molecule has 0 amide bonds. The lowest BCUT2D eigenvalue weighted by Crippen LogP contribution is -2.19. The highest BCUT2D eigenvalue weighted by molar-refractivity contribution is 14.1. The zero-order valence-electron chi connectivity index (χ0n) is 11.9. The second-order valence-corrected chi connectivity index (χ2v) is 7.13. The molecular formula is C16H17F3IOS+. The van der Waals surface area contributed by atoms with Crippen molar-refractivity contribution in [1.82, 2.24) is 0 Å². The van der Waals surface area contributed by atoms with Crippen molar-refractivity contribution < 1.29 is 17.9 Å². The Hall–Kier alpha value is -0.630. The maximum absolute atomic E-state index is 12.3. The van der Waals surface area contributed by atoms with Crippen LogP contribution in [0.3, 0.4) is 0 Å². The molecule has 1 nitrogen and oxygen atoms in total. The average molecular weight is 441 g/mol. The molecule has 0 N–H and O–H groups in total. The molecule has 0 saturated carbocycles. The van der Waals surface area contributed by atoms with Crippen molar-refractivity contribution in [2.45, 2.75) is 23.9 Å². The molecule has 0 atom stereocenters. The Morgan fingerprint density at radius 3 is 2.41 bits per heavy atom. The summed E-state index contributed by atoms with van der Waals surface area (Å²) in [6.45, 7) is -1.26. The number of hydrogen-bond acceptors (Lipinski definition) is 1. The van der Waals surface area contributed by atoms with Gasteiger partial charge in [-0.15, -0.1) is 0 Å². The van der Waals surface area contributed by atoms with Crippen LogP contribution in [0.1, 0.15) is 12.8 Å². The van der Waals surface area contributed by atoms with Gasteiger partial charge in [0.15, 0.2) is 11.5 Å². The fraction of sp³-hybridized carbons (Fsp3) is 0.375. The first-order chi connectivity index (χ1) is 10.5. The van der Waals surface area contributed by atoms with Crippen molar-refractivity contribution in [3.05, 3.63) is 36.4 Å². The van der Waals surface area contributed by atoms with E-state index >= 15 is 0 Å². The van der Waals surface area contributed by atoms with Crippen LogP contribution in [0, 0.1) is 0 Å². The average Bonchev–Trinajstić information content (AvgIpc) is 2.49. The number of rotatable bonds is 7. The molecule has 120 valence electrons. The maximum Gasteiger partial charge on any atom is 0.422 e. The van der Waals surface area contributed by atoms with Crippen LogP contribution in [0.4, 0.5) is 13.2 Å². The van der Waals surface area contributed by atoms with Crippen molar-refractivity contribution >= 4 is 45.1 Å². The van der Waals surface area contributed by atoms with Gasteiger partial charge in [-0.1, -0.05) is 40.8 Å². The van der Waals surface area contributed by atoms with Gasteiger partial charge in [0.05, 0.1) is 0 Å². The Kier molecular flexibility index (Phi) is 6.67. The van der Waals surface area contributed by atoms with Crippen LogP contribution in [0.2, 0.25) is 0 Å². The molecule has 0 aromatic heterocycles. The molecule has 0 saturated heterocycles. The van der Waals surface area contributed by atoms with E-state index in [1.54, 1.807) is 6.07 Å². The first-order valence-corrected chi connectivity index (χ1v) is 9.56. The molecule has 2 aromatic carbocycles. The van der Waals surface area contributed by atoms with Crippen LogP contribution >= 0.6 is 22.6 Å². The van der Waals surface area contributed by atoms with Gasteiger partial charge in [-0.2, -0.15) is 13.2 Å². The Balaban J connectivity index is 2.19. The van der Waals surface area contributed by atoms with E-state index in [1.165, 1.54) is 18.2 Å². The Labute approximate surface area is 145 Å². The molecule has 0 aliphatic heterocycles. The fourth-order valence-corrected chi connectivity index (χ4v) is 3.79. The van der Waals surface area contributed by atoms with E-state index in [0.717, 1.165) is 32.3 Å². The van der Waals surface area contributed by atoms with E-state index in [-0.39, 0.29) is 0 Å². The summed E-state index contributed by atoms with van der Waals surface area (Å²) in [6, 6.07) is 11.0. The SMILES string of the molecule is FC(F)(F)COc1ccc([SH+]CCCCI)c2ccccc12. The molecule has 2 rings (SSSR count). The van der Waals surface area contributed by atoms with E-state index in [0.29, 0.717) is 5.75 Å². The summed E-state index contributed by atoms with van der Waals surface area (Å²) in [6.07, 6.45) is -1.97. The summed E-state index contributed by atoms with van der Waals surface area (Å²) < 4.78 is 43.1. The largest absolute Gasteiger partial charge is 0.483 e. The predicted molar refractivity (Wildman–Crippen MR) is 95.5 cm³/mol. The van der Waals surface area contributed by atoms with Gasteiger partial charge in [-0.3, -0.25) is 0 Å². The van der Waals surface area contributed by atoms with Crippen LogP contribution < -0.4 is 4.74 Å². The van der Waals surface area contributed by atoms with Crippen LogP contribution in [0.15, 0.2) is 41.3 Å². The second-order valence-electron chi connectivity index (χ2n) is 4.81. The number of hydrogen-bond donors (Lipinski definition) is 0. The van der Waals surface area contributed by atoms with E-state index < -0.39 is 12.8 Å². The van der Waals surface area contributed by atoms with E-state index in [9.17, 15) is 13.2 Å². The lowest BCUT2D eigenvalue weighted by Gasteiger charge is -2.11. The number of thiol groups is 1. The molecule has 0 heterocycles. The third-order valence-corrected chi connectivity index (χ3v) is 5.11. The quantitative estimate of drug-likeness (QED) is 0.190. The molecule has 0 bridgehead atoms. The molecule has 0 fully saturated rings. The third kappa shape index (κ3) is 5.22. The number of fused-ring (bicyclic) bond motifs is 1. The highest BCUT2D eigenvalue weighted by Gasteiger charge is 2.28. The van der Waals surface area contributed by atoms with Gasteiger partial charge >= 0.3 is 6.18 Å².